The van der Waals surface area contributed by atoms with E-state index in [9.17, 15) is 9.59 Å². The van der Waals surface area contributed by atoms with E-state index in [1.54, 1.807) is 7.05 Å². The molecule has 1 aromatic carbocycles. The molecule has 2 heterocycles. The van der Waals surface area contributed by atoms with Crippen molar-refractivity contribution in [2.24, 2.45) is 5.92 Å². The summed E-state index contributed by atoms with van der Waals surface area (Å²) in [6.07, 6.45) is 3.90. The van der Waals surface area contributed by atoms with E-state index in [1.165, 1.54) is 5.56 Å². The van der Waals surface area contributed by atoms with Gasteiger partial charge in [0, 0.05) is 25.7 Å². The highest BCUT2D eigenvalue weighted by Gasteiger charge is 2.42. The Bertz CT molecular complexity index is 681. The summed E-state index contributed by atoms with van der Waals surface area (Å²) in [5.74, 6) is 0.564. The number of benzene rings is 1. The molecule has 2 amide bonds. The number of likely N-dealkylation sites (N-methyl/N-ethyl adjacent to an activating group) is 1. The van der Waals surface area contributed by atoms with Gasteiger partial charge in [0.05, 0.1) is 6.04 Å². The lowest BCUT2D eigenvalue weighted by Gasteiger charge is -2.39. The van der Waals surface area contributed by atoms with Crippen LogP contribution < -0.4 is 10.6 Å². The molecule has 6 heteroatoms. The summed E-state index contributed by atoms with van der Waals surface area (Å²) < 4.78 is 0. The Balaban J connectivity index is 1.58. The molecule has 0 radical (unpaired) electrons. The molecular formula is C23H36N4O2. The summed E-state index contributed by atoms with van der Waals surface area (Å²) in [7, 11) is 1.75. The number of nitrogens with zero attached hydrogens (tertiary/aromatic N) is 2. The molecule has 2 aliphatic heterocycles. The van der Waals surface area contributed by atoms with Gasteiger partial charge in [-0.05, 0) is 57.7 Å². The lowest BCUT2D eigenvalue weighted by molar-refractivity contribution is -0.138. The monoisotopic (exact) mass is 400 g/mol. The van der Waals surface area contributed by atoms with E-state index >= 15 is 0 Å². The first kappa shape index (κ1) is 21.8. The highest BCUT2D eigenvalue weighted by Crippen LogP contribution is 2.32. The van der Waals surface area contributed by atoms with E-state index in [0.29, 0.717) is 12.3 Å². The number of piperidine rings is 1. The summed E-state index contributed by atoms with van der Waals surface area (Å²) in [4.78, 5) is 30.1. The molecule has 0 unspecified atom stereocenters. The van der Waals surface area contributed by atoms with Crippen LogP contribution in [0.1, 0.15) is 38.7 Å². The molecule has 4 atom stereocenters. The minimum absolute atomic E-state index is 0.0848. The Morgan fingerprint density at radius 3 is 2.59 bits per heavy atom. The number of carbonyl (C=O) groups excluding carboxylic acids is 2. The van der Waals surface area contributed by atoms with Gasteiger partial charge < -0.3 is 20.4 Å². The predicted molar refractivity (Wildman–Crippen MR) is 116 cm³/mol. The first-order valence-electron chi connectivity index (χ1n) is 11.1. The zero-order valence-electron chi connectivity index (χ0n) is 18.1. The number of fused-ring (bicyclic) bond motifs is 1. The number of amides is 2. The quantitative estimate of drug-likeness (QED) is 0.697. The fourth-order valence-electron chi connectivity index (χ4n) is 4.58. The van der Waals surface area contributed by atoms with Gasteiger partial charge in [-0.25, -0.2) is 0 Å². The van der Waals surface area contributed by atoms with Crippen molar-refractivity contribution in [3.8, 4) is 0 Å². The Morgan fingerprint density at radius 2 is 1.90 bits per heavy atom. The van der Waals surface area contributed by atoms with Gasteiger partial charge in [0.1, 0.15) is 6.04 Å². The van der Waals surface area contributed by atoms with Crippen LogP contribution in [0, 0.1) is 5.92 Å². The molecule has 29 heavy (non-hydrogen) atoms. The molecule has 0 aromatic heterocycles. The highest BCUT2D eigenvalue weighted by molar-refractivity contribution is 5.89. The van der Waals surface area contributed by atoms with Crippen molar-refractivity contribution >= 4 is 11.8 Å². The second-order valence-electron chi connectivity index (χ2n) is 8.45. The lowest BCUT2D eigenvalue weighted by atomic mass is 9.91. The predicted octanol–water partition coefficient (Wildman–Crippen LogP) is 1.65. The van der Waals surface area contributed by atoms with Crippen LogP contribution in [0.5, 0.6) is 0 Å². The maximum atomic E-state index is 13.2. The lowest BCUT2D eigenvalue weighted by Crippen LogP contribution is -2.56. The van der Waals surface area contributed by atoms with Crippen molar-refractivity contribution in [3.05, 3.63) is 35.9 Å². The number of rotatable bonds is 8. The summed E-state index contributed by atoms with van der Waals surface area (Å²) in [5, 5.41) is 5.88. The topological polar surface area (TPSA) is 64.7 Å². The molecule has 1 aromatic rings. The van der Waals surface area contributed by atoms with E-state index in [-0.39, 0.29) is 23.9 Å². The molecule has 0 saturated carbocycles. The van der Waals surface area contributed by atoms with Gasteiger partial charge in [-0.3, -0.25) is 9.59 Å². The Kier molecular flexibility index (Phi) is 7.67. The Labute approximate surface area is 175 Å². The minimum Gasteiger partial charge on any atom is -0.343 e. The van der Waals surface area contributed by atoms with Gasteiger partial charge in [-0.2, -0.15) is 0 Å². The van der Waals surface area contributed by atoms with Gasteiger partial charge in [-0.15, -0.1) is 0 Å². The SMILES string of the molecule is CC[C@H](NC(=O)[C@H](C)NC)C(=O)N1CC[C@H]2CCN(CCc3ccccc3)C[C@H]21. The van der Waals surface area contributed by atoms with Gasteiger partial charge in [-0.1, -0.05) is 37.3 Å². The second kappa shape index (κ2) is 10.2. The molecule has 2 fully saturated rings. The zero-order chi connectivity index (χ0) is 20.8. The van der Waals surface area contributed by atoms with Crippen LogP contribution in [0.3, 0.4) is 0 Å². The number of carbonyl (C=O) groups is 2. The van der Waals surface area contributed by atoms with E-state index < -0.39 is 6.04 Å². The molecule has 160 valence electrons. The van der Waals surface area contributed by atoms with Crippen LogP contribution in [0.25, 0.3) is 0 Å². The van der Waals surface area contributed by atoms with E-state index in [1.807, 2.05) is 13.8 Å². The van der Waals surface area contributed by atoms with Gasteiger partial charge in [0.2, 0.25) is 11.8 Å². The molecule has 0 bridgehead atoms. The minimum atomic E-state index is -0.434. The van der Waals surface area contributed by atoms with Crippen molar-refractivity contribution in [2.45, 2.75) is 57.7 Å². The molecule has 2 saturated heterocycles. The van der Waals surface area contributed by atoms with Crippen molar-refractivity contribution in [3.63, 3.8) is 0 Å². The second-order valence-corrected chi connectivity index (χ2v) is 8.45. The maximum absolute atomic E-state index is 13.2. The summed E-state index contributed by atoms with van der Waals surface area (Å²) in [6.45, 7) is 7.68. The van der Waals surface area contributed by atoms with E-state index in [2.05, 4.69) is 50.8 Å². The third-order valence-electron chi connectivity index (χ3n) is 6.64. The summed E-state index contributed by atoms with van der Waals surface area (Å²) >= 11 is 0. The average molecular weight is 401 g/mol. The molecule has 2 N–H and O–H groups in total. The van der Waals surface area contributed by atoms with Gasteiger partial charge in [0.15, 0.2) is 0 Å². The molecular weight excluding hydrogens is 364 g/mol. The first-order chi connectivity index (χ1) is 14.0. The van der Waals surface area contributed by atoms with Crippen LogP contribution in [-0.4, -0.2) is 73.0 Å². The summed E-state index contributed by atoms with van der Waals surface area (Å²) in [5.41, 5.74) is 1.36. The van der Waals surface area contributed by atoms with Crippen LogP contribution in [-0.2, 0) is 16.0 Å². The summed E-state index contributed by atoms with van der Waals surface area (Å²) in [6, 6.07) is 10.1. The zero-order valence-corrected chi connectivity index (χ0v) is 18.1. The fraction of sp³-hybridized carbons (Fsp3) is 0.652. The third-order valence-corrected chi connectivity index (χ3v) is 6.64. The third kappa shape index (κ3) is 5.37. The van der Waals surface area contributed by atoms with Crippen LogP contribution in [0.2, 0.25) is 0 Å². The molecule has 0 spiro atoms. The average Bonchev–Trinajstić information content (AvgIpc) is 3.18. The number of hydrogen-bond donors (Lipinski definition) is 2. The molecule has 3 rings (SSSR count). The fourth-order valence-corrected chi connectivity index (χ4v) is 4.58. The van der Waals surface area contributed by atoms with Crippen molar-refractivity contribution in [2.75, 3.05) is 33.2 Å². The van der Waals surface area contributed by atoms with Crippen LogP contribution in [0.4, 0.5) is 0 Å². The first-order valence-corrected chi connectivity index (χ1v) is 11.1. The van der Waals surface area contributed by atoms with Crippen molar-refractivity contribution in [1.82, 2.24) is 20.4 Å². The smallest absolute Gasteiger partial charge is 0.245 e. The van der Waals surface area contributed by atoms with Crippen LogP contribution >= 0.6 is 0 Å². The number of nitrogens with one attached hydrogen (secondary N) is 2. The normalized spacial score (nSPS) is 24.0. The molecule has 2 aliphatic rings. The van der Waals surface area contributed by atoms with Crippen molar-refractivity contribution < 1.29 is 9.59 Å². The Hall–Kier alpha value is -1.92. The van der Waals surface area contributed by atoms with E-state index in [4.69, 9.17) is 0 Å². The number of likely N-dealkylation sites (tertiary alicyclic amines) is 2. The van der Waals surface area contributed by atoms with Crippen LogP contribution in [0.15, 0.2) is 30.3 Å². The molecule has 0 aliphatic carbocycles. The number of hydrogen-bond acceptors (Lipinski definition) is 4. The Morgan fingerprint density at radius 1 is 1.17 bits per heavy atom. The standard InChI is InChI=1S/C23H36N4O2/c1-4-20(25-22(28)17(2)24-3)23(29)27-15-12-19-11-14-26(16-21(19)27)13-10-18-8-6-5-7-9-18/h5-9,17,19-21,24H,4,10-16H2,1-3H3,(H,25,28)/t17-,19+,20-,21+/m0/s1. The van der Waals surface area contributed by atoms with Crippen molar-refractivity contribution in [1.29, 1.82) is 0 Å². The van der Waals surface area contributed by atoms with E-state index in [0.717, 1.165) is 45.4 Å². The highest BCUT2D eigenvalue weighted by atomic mass is 16.2. The largest absolute Gasteiger partial charge is 0.343 e. The maximum Gasteiger partial charge on any atom is 0.245 e. The molecule has 6 nitrogen and oxygen atoms in total. The van der Waals surface area contributed by atoms with Gasteiger partial charge >= 0.3 is 0 Å². The van der Waals surface area contributed by atoms with Gasteiger partial charge in [0.25, 0.3) is 0 Å².